The number of thiophene rings is 1. The second kappa shape index (κ2) is 7.53. The summed E-state index contributed by atoms with van der Waals surface area (Å²) in [6, 6.07) is 11.6. The number of anilines is 2. The minimum absolute atomic E-state index is 0.0977. The summed E-state index contributed by atoms with van der Waals surface area (Å²) in [5.74, 6) is 0.0977. The largest absolute Gasteiger partial charge is 0.336 e. The third kappa shape index (κ3) is 3.77. The molecular weight excluding hydrogens is 366 g/mol. The average molecular weight is 386 g/mol. The molecule has 134 valence electrons. The van der Waals surface area contributed by atoms with Crippen molar-refractivity contribution in [3.63, 3.8) is 0 Å². The first kappa shape index (κ1) is 17.1. The molecule has 3 heterocycles. The van der Waals surface area contributed by atoms with Crippen LogP contribution in [0.3, 0.4) is 0 Å². The minimum Gasteiger partial charge on any atom is -0.336 e. The van der Waals surface area contributed by atoms with Crippen molar-refractivity contribution >= 4 is 39.4 Å². The van der Waals surface area contributed by atoms with Crippen LogP contribution in [0.4, 0.5) is 10.8 Å². The normalized spacial score (nSPS) is 15.2. The van der Waals surface area contributed by atoms with E-state index in [2.05, 4.69) is 27.5 Å². The molecule has 0 unspecified atom stereocenters. The van der Waals surface area contributed by atoms with Gasteiger partial charge >= 0.3 is 0 Å². The maximum atomic E-state index is 12.6. The Morgan fingerprint density at radius 3 is 2.54 bits per heavy atom. The van der Waals surface area contributed by atoms with Crippen molar-refractivity contribution in [2.75, 3.05) is 38.5 Å². The molecule has 2 aromatic heterocycles. The fraction of sp³-hybridized carbons (Fsp3) is 0.278. The SMILES string of the molecule is CN1CCN(C(=O)c2ccc(Nc3nnc(-c4cccs4)s3)cc2)CC1. The van der Waals surface area contributed by atoms with E-state index in [0.717, 1.165) is 52.4 Å². The minimum atomic E-state index is 0.0977. The molecule has 1 aliphatic heterocycles. The predicted octanol–water partition coefficient (Wildman–Crippen LogP) is 3.40. The van der Waals surface area contributed by atoms with Gasteiger partial charge in [-0.2, -0.15) is 0 Å². The Hall–Kier alpha value is -2.29. The lowest BCUT2D eigenvalue weighted by Crippen LogP contribution is -2.47. The molecule has 8 heteroatoms. The Morgan fingerprint density at radius 1 is 1.08 bits per heavy atom. The van der Waals surface area contributed by atoms with Crippen molar-refractivity contribution in [2.24, 2.45) is 0 Å². The third-order valence-electron chi connectivity index (χ3n) is 4.33. The van der Waals surface area contributed by atoms with E-state index in [0.29, 0.717) is 0 Å². The van der Waals surface area contributed by atoms with Crippen molar-refractivity contribution in [2.45, 2.75) is 0 Å². The number of amides is 1. The van der Waals surface area contributed by atoms with Gasteiger partial charge in [0.05, 0.1) is 4.88 Å². The van der Waals surface area contributed by atoms with E-state index in [1.54, 1.807) is 11.3 Å². The van der Waals surface area contributed by atoms with E-state index in [1.807, 2.05) is 46.7 Å². The van der Waals surface area contributed by atoms with Crippen LogP contribution in [0.2, 0.25) is 0 Å². The zero-order chi connectivity index (χ0) is 17.9. The number of likely N-dealkylation sites (N-methyl/N-ethyl adjacent to an activating group) is 1. The second-order valence-electron chi connectivity index (χ2n) is 6.19. The Balaban J connectivity index is 1.41. The molecule has 0 atom stereocenters. The van der Waals surface area contributed by atoms with Crippen molar-refractivity contribution in [1.82, 2.24) is 20.0 Å². The molecule has 4 rings (SSSR count). The number of nitrogens with zero attached hydrogens (tertiary/aromatic N) is 4. The number of carbonyl (C=O) groups is 1. The molecule has 6 nitrogen and oxygen atoms in total. The zero-order valence-corrected chi connectivity index (χ0v) is 16.0. The van der Waals surface area contributed by atoms with Gasteiger partial charge in [-0.05, 0) is 42.8 Å². The van der Waals surface area contributed by atoms with Gasteiger partial charge in [0.15, 0.2) is 5.01 Å². The monoisotopic (exact) mass is 385 g/mol. The molecule has 26 heavy (non-hydrogen) atoms. The predicted molar refractivity (Wildman–Crippen MR) is 106 cm³/mol. The summed E-state index contributed by atoms with van der Waals surface area (Å²) in [5.41, 5.74) is 1.62. The molecule has 1 saturated heterocycles. The Kier molecular flexibility index (Phi) is 4.96. The van der Waals surface area contributed by atoms with Crippen LogP contribution in [-0.2, 0) is 0 Å². The molecule has 0 bridgehead atoms. The van der Waals surface area contributed by atoms with Gasteiger partial charge in [0.25, 0.3) is 5.91 Å². The van der Waals surface area contributed by atoms with Crippen LogP contribution in [0.5, 0.6) is 0 Å². The van der Waals surface area contributed by atoms with Gasteiger partial charge < -0.3 is 15.1 Å². The highest BCUT2D eigenvalue weighted by atomic mass is 32.1. The first-order valence-electron chi connectivity index (χ1n) is 8.41. The molecule has 1 fully saturated rings. The number of piperazine rings is 1. The fourth-order valence-corrected chi connectivity index (χ4v) is 4.34. The zero-order valence-electron chi connectivity index (χ0n) is 14.4. The van der Waals surface area contributed by atoms with E-state index in [1.165, 1.54) is 11.3 Å². The topological polar surface area (TPSA) is 61.4 Å². The molecule has 1 amide bonds. The summed E-state index contributed by atoms with van der Waals surface area (Å²) in [7, 11) is 2.08. The van der Waals surface area contributed by atoms with Gasteiger partial charge in [0.1, 0.15) is 0 Å². The summed E-state index contributed by atoms with van der Waals surface area (Å²) in [4.78, 5) is 17.8. The summed E-state index contributed by atoms with van der Waals surface area (Å²) in [6.45, 7) is 3.42. The van der Waals surface area contributed by atoms with Crippen molar-refractivity contribution in [3.05, 3.63) is 47.3 Å². The van der Waals surface area contributed by atoms with E-state index < -0.39 is 0 Å². The summed E-state index contributed by atoms with van der Waals surface area (Å²) >= 11 is 3.17. The summed E-state index contributed by atoms with van der Waals surface area (Å²) in [6.07, 6.45) is 0. The molecule has 1 aliphatic rings. The lowest BCUT2D eigenvalue weighted by molar-refractivity contribution is 0.0664. The number of hydrogen-bond donors (Lipinski definition) is 1. The molecule has 0 radical (unpaired) electrons. The standard InChI is InChI=1S/C18H19N5OS2/c1-22-8-10-23(11-9-22)17(24)13-4-6-14(7-5-13)19-18-21-20-16(26-18)15-3-2-12-25-15/h2-7,12H,8-11H2,1H3,(H,19,21). The van der Waals surface area contributed by atoms with Gasteiger partial charge in [-0.15, -0.1) is 21.5 Å². The summed E-state index contributed by atoms with van der Waals surface area (Å²) in [5, 5.41) is 15.3. The lowest BCUT2D eigenvalue weighted by Gasteiger charge is -2.32. The first-order valence-corrected chi connectivity index (χ1v) is 10.1. The maximum Gasteiger partial charge on any atom is 0.253 e. The highest BCUT2D eigenvalue weighted by Crippen LogP contribution is 2.31. The molecule has 3 aromatic rings. The Labute approximate surface area is 160 Å². The number of aromatic nitrogens is 2. The van der Waals surface area contributed by atoms with Crippen molar-refractivity contribution in [1.29, 1.82) is 0 Å². The Morgan fingerprint density at radius 2 is 1.85 bits per heavy atom. The molecular formula is C18H19N5OS2. The second-order valence-corrected chi connectivity index (χ2v) is 8.11. The summed E-state index contributed by atoms with van der Waals surface area (Å²) < 4.78 is 0. The van der Waals surface area contributed by atoms with E-state index >= 15 is 0 Å². The Bertz CT molecular complexity index is 867. The van der Waals surface area contributed by atoms with Gasteiger partial charge in [-0.1, -0.05) is 17.4 Å². The van der Waals surface area contributed by atoms with Crippen LogP contribution in [0.25, 0.3) is 9.88 Å². The molecule has 1 aromatic carbocycles. The van der Waals surface area contributed by atoms with Crippen LogP contribution < -0.4 is 5.32 Å². The van der Waals surface area contributed by atoms with Crippen molar-refractivity contribution < 1.29 is 4.79 Å². The van der Waals surface area contributed by atoms with E-state index in [-0.39, 0.29) is 5.91 Å². The first-order chi connectivity index (χ1) is 12.7. The van der Waals surface area contributed by atoms with Gasteiger partial charge in [0, 0.05) is 37.4 Å². The van der Waals surface area contributed by atoms with Gasteiger partial charge in [0.2, 0.25) is 5.13 Å². The number of rotatable bonds is 4. The number of hydrogen-bond acceptors (Lipinski definition) is 7. The third-order valence-corrected chi connectivity index (χ3v) is 6.21. The van der Waals surface area contributed by atoms with Crippen LogP contribution in [0.15, 0.2) is 41.8 Å². The van der Waals surface area contributed by atoms with Crippen LogP contribution in [-0.4, -0.2) is 59.1 Å². The highest BCUT2D eigenvalue weighted by molar-refractivity contribution is 7.22. The van der Waals surface area contributed by atoms with Gasteiger partial charge in [-0.3, -0.25) is 4.79 Å². The van der Waals surface area contributed by atoms with Crippen LogP contribution in [0, 0.1) is 0 Å². The molecule has 1 N–H and O–H groups in total. The number of carbonyl (C=O) groups excluding carboxylic acids is 1. The smallest absolute Gasteiger partial charge is 0.253 e. The van der Waals surface area contributed by atoms with E-state index in [9.17, 15) is 4.79 Å². The fourth-order valence-electron chi connectivity index (χ4n) is 2.79. The van der Waals surface area contributed by atoms with Crippen LogP contribution in [0.1, 0.15) is 10.4 Å². The van der Waals surface area contributed by atoms with Gasteiger partial charge in [-0.25, -0.2) is 0 Å². The quantitative estimate of drug-likeness (QED) is 0.746. The van der Waals surface area contributed by atoms with E-state index in [4.69, 9.17) is 0 Å². The highest BCUT2D eigenvalue weighted by Gasteiger charge is 2.20. The lowest BCUT2D eigenvalue weighted by atomic mass is 10.1. The molecule has 0 saturated carbocycles. The number of benzene rings is 1. The number of nitrogens with one attached hydrogen (secondary N) is 1. The molecule has 0 aliphatic carbocycles. The van der Waals surface area contributed by atoms with Crippen LogP contribution >= 0.6 is 22.7 Å². The maximum absolute atomic E-state index is 12.6. The van der Waals surface area contributed by atoms with Crippen molar-refractivity contribution in [3.8, 4) is 9.88 Å². The average Bonchev–Trinajstić information content (AvgIpc) is 3.34. The molecule has 0 spiro atoms.